The average molecular weight is 343 g/mol. The monoisotopic (exact) mass is 343 g/mol. The first-order valence-corrected chi connectivity index (χ1v) is 9.96. The Morgan fingerprint density at radius 1 is 1.24 bits per heavy atom. The van der Waals surface area contributed by atoms with E-state index in [2.05, 4.69) is 21.3 Å². The van der Waals surface area contributed by atoms with E-state index in [0.717, 1.165) is 30.8 Å². The normalized spacial score (nSPS) is 40.3. The second-order valence-electron chi connectivity index (χ2n) is 8.98. The van der Waals surface area contributed by atoms with Crippen LogP contribution < -0.4 is 5.32 Å². The fourth-order valence-corrected chi connectivity index (χ4v) is 6.32. The molecule has 5 nitrogen and oxygen atoms in total. The van der Waals surface area contributed by atoms with Crippen LogP contribution in [0.2, 0.25) is 0 Å². The van der Waals surface area contributed by atoms with Crippen molar-refractivity contribution in [2.24, 2.45) is 17.8 Å². The molecule has 0 radical (unpaired) electrons. The zero-order chi connectivity index (χ0) is 16.9. The van der Waals surface area contributed by atoms with Crippen LogP contribution in [0.3, 0.4) is 0 Å². The number of rotatable bonds is 4. The van der Waals surface area contributed by atoms with Gasteiger partial charge in [-0.05, 0) is 68.4 Å². The maximum absolute atomic E-state index is 13.0. The summed E-state index contributed by atoms with van der Waals surface area (Å²) >= 11 is 0. The Hall–Kier alpha value is -1.33. The van der Waals surface area contributed by atoms with Gasteiger partial charge >= 0.3 is 0 Å². The van der Waals surface area contributed by atoms with Crippen molar-refractivity contribution < 1.29 is 9.53 Å². The van der Waals surface area contributed by atoms with E-state index in [1.807, 2.05) is 12.3 Å². The van der Waals surface area contributed by atoms with Crippen molar-refractivity contribution in [2.45, 2.75) is 56.7 Å². The Balaban J connectivity index is 1.22. The number of amides is 1. The van der Waals surface area contributed by atoms with E-state index in [1.54, 1.807) is 0 Å². The van der Waals surface area contributed by atoms with Crippen molar-refractivity contribution in [1.29, 1.82) is 0 Å². The third-order valence-corrected chi connectivity index (χ3v) is 6.93. The maximum atomic E-state index is 13.0. The van der Waals surface area contributed by atoms with Crippen LogP contribution in [0.4, 0.5) is 0 Å². The molecule has 1 unspecified atom stereocenters. The molecule has 1 aromatic rings. The largest absolute Gasteiger partial charge is 0.366 e. The summed E-state index contributed by atoms with van der Waals surface area (Å²) in [4.78, 5) is 18.5. The highest BCUT2D eigenvalue weighted by Crippen LogP contribution is 2.55. The molecule has 5 aliphatic rings. The van der Waals surface area contributed by atoms with Crippen LogP contribution in [0.15, 0.2) is 18.3 Å². The number of aromatic amines is 1. The van der Waals surface area contributed by atoms with Gasteiger partial charge in [0.15, 0.2) is 0 Å². The van der Waals surface area contributed by atoms with Crippen LogP contribution in [0.1, 0.15) is 44.2 Å². The van der Waals surface area contributed by atoms with Crippen molar-refractivity contribution in [2.75, 3.05) is 19.7 Å². The highest BCUT2D eigenvalue weighted by molar-refractivity contribution is 5.82. The SMILES string of the molecule is O=C(NC12CC3CC(CC(C3)C1)C2)C1CN(Cc2ccc[nH]2)CCO1. The van der Waals surface area contributed by atoms with E-state index in [1.165, 1.54) is 44.2 Å². The summed E-state index contributed by atoms with van der Waals surface area (Å²) in [6, 6.07) is 4.12. The molecule has 0 spiro atoms. The number of carbonyl (C=O) groups excluding carboxylic acids is 1. The summed E-state index contributed by atoms with van der Waals surface area (Å²) < 4.78 is 5.84. The average Bonchev–Trinajstić information content (AvgIpc) is 3.06. The number of H-pyrrole nitrogens is 1. The van der Waals surface area contributed by atoms with E-state index >= 15 is 0 Å². The Kier molecular flexibility index (Phi) is 3.90. The standard InChI is InChI=1S/C20H29N3O2/c24-19(18-13-23(4-5-25-18)12-17-2-1-3-21-17)22-20-9-14-6-15(10-20)8-16(7-14)11-20/h1-3,14-16,18,21H,4-13H2,(H,22,24). The first kappa shape index (κ1) is 15.9. The van der Waals surface area contributed by atoms with E-state index in [0.29, 0.717) is 13.2 Å². The van der Waals surface area contributed by atoms with Gasteiger partial charge in [0.1, 0.15) is 6.10 Å². The third-order valence-electron chi connectivity index (χ3n) is 6.93. The van der Waals surface area contributed by atoms with Crippen LogP contribution >= 0.6 is 0 Å². The van der Waals surface area contributed by atoms with E-state index in [9.17, 15) is 4.79 Å². The predicted molar refractivity (Wildman–Crippen MR) is 94.9 cm³/mol. The summed E-state index contributed by atoms with van der Waals surface area (Å²) in [5.74, 6) is 2.67. The fourth-order valence-electron chi connectivity index (χ4n) is 6.32. The molecule has 1 amide bonds. The third kappa shape index (κ3) is 3.13. The van der Waals surface area contributed by atoms with Crippen LogP contribution in [0.5, 0.6) is 0 Å². The molecular formula is C20H29N3O2. The van der Waals surface area contributed by atoms with Crippen molar-refractivity contribution in [3.63, 3.8) is 0 Å². The zero-order valence-corrected chi connectivity index (χ0v) is 14.9. The summed E-state index contributed by atoms with van der Waals surface area (Å²) in [6.45, 7) is 3.08. The number of nitrogens with one attached hydrogen (secondary N) is 2. The molecule has 6 rings (SSSR count). The molecule has 25 heavy (non-hydrogen) atoms. The molecule has 0 aromatic carbocycles. The minimum Gasteiger partial charge on any atom is -0.366 e. The van der Waals surface area contributed by atoms with Gasteiger partial charge in [0.25, 0.3) is 5.91 Å². The van der Waals surface area contributed by atoms with Crippen LogP contribution in [-0.4, -0.2) is 47.1 Å². The molecule has 136 valence electrons. The van der Waals surface area contributed by atoms with Crippen molar-refractivity contribution in [1.82, 2.24) is 15.2 Å². The Labute approximate surface area is 149 Å². The number of carbonyl (C=O) groups is 1. The molecule has 5 fully saturated rings. The summed E-state index contributed by atoms with van der Waals surface area (Å²) in [6.07, 6.45) is 9.43. The molecular weight excluding hydrogens is 314 g/mol. The number of aromatic nitrogens is 1. The van der Waals surface area contributed by atoms with Gasteiger partial charge in [0, 0.05) is 37.1 Å². The maximum Gasteiger partial charge on any atom is 0.250 e. The molecule has 2 N–H and O–H groups in total. The Morgan fingerprint density at radius 2 is 1.96 bits per heavy atom. The number of ether oxygens (including phenoxy) is 1. The van der Waals surface area contributed by atoms with Gasteiger partial charge in [-0.1, -0.05) is 0 Å². The quantitative estimate of drug-likeness (QED) is 0.882. The van der Waals surface area contributed by atoms with Crippen LogP contribution in [0.25, 0.3) is 0 Å². The minimum atomic E-state index is -0.322. The van der Waals surface area contributed by atoms with Crippen LogP contribution in [0, 0.1) is 17.8 Å². The van der Waals surface area contributed by atoms with Crippen LogP contribution in [-0.2, 0) is 16.1 Å². The van der Waals surface area contributed by atoms with E-state index < -0.39 is 0 Å². The van der Waals surface area contributed by atoms with Gasteiger partial charge in [-0.3, -0.25) is 9.69 Å². The fraction of sp³-hybridized carbons (Fsp3) is 0.750. The number of hydrogen-bond donors (Lipinski definition) is 2. The first-order valence-electron chi connectivity index (χ1n) is 9.96. The van der Waals surface area contributed by atoms with Gasteiger partial charge in [-0.2, -0.15) is 0 Å². The lowest BCUT2D eigenvalue weighted by Gasteiger charge is -2.57. The van der Waals surface area contributed by atoms with Gasteiger partial charge in [0.05, 0.1) is 6.61 Å². The topological polar surface area (TPSA) is 57.4 Å². The van der Waals surface area contributed by atoms with E-state index in [-0.39, 0.29) is 17.6 Å². The summed E-state index contributed by atoms with van der Waals surface area (Å²) in [5.41, 5.74) is 1.28. The molecule has 1 aromatic heterocycles. The summed E-state index contributed by atoms with van der Waals surface area (Å²) in [5, 5.41) is 3.48. The molecule has 5 heteroatoms. The van der Waals surface area contributed by atoms with Crippen molar-refractivity contribution >= 4 is 5.91 Å². The Bertz CT molecular complexity index is 592. The molecule has 4 aliphatic carbocycles. The second kappa shape index (κ2) is 6.13. The second-order valence-corrected chi connectivity index (χ2v) is 8.98. The van der Waals surface area contributed by atoms with Crippen molar-refractivity contribution in [3.05, 3.63) is 24.0 Å². The number of hydrogen-bond acceptors (Lipinski definition) is 3. The highest BCUT2D eigenvalue weighted by atomic mass is 16.5. The zero-order valence-electron chi connectivity index (χ0n) is 14.9. The minimum absolute atomic E-state index is 0.0803. The van der Waals surface area contributed by atoms with Gasteiger partial charge in [0.2, 0.25) is 0 Å². The van der Waals surface area contributed by atoms with Crippen molar-refractivity contribution in [3.8, 4) is 0 Å². The number of nitrogens with zero attached hydrogens (tertiary/aromatic N) is 1. The first-order chi connectivity index (χ1) is 12.2. The highest BCUT2D eigenvalue weighted by Gasteiger charge is 2.52. The molecule has 4 bridgehead atoms. The van der Waals surface area contributed by atoms with Gasteiger partial charge in [-0.25, -0.2) is 0 Å². The molecule has 2 heterocycles. The molecule has 4 saturated carbocycles. The lowest BCUT2D eigenvalue weighted by Crippen LogP contribution is -2.62. The van der Waals surface area contributed by atoms with Gasteiger partial charge in [-0.15, -0.1) is 0 Å². The van der Waals surface area contributed by atoms with Gasteiger partial charge < -0.3 is 15.0 Å². The number of morpholine rings is 1. The summed E-state index contributed by atoms with van der Waals surface area (Å²) in [7, 11) is 0. The lowest BCUT2D eigenvalue weighted by molar-refractivity contribution is -0.144. The Morgan fingerprint density at radius 3 is 2.60 bits per heavy atom. The lowest BCUT2D eigenvalue weighted by atomic mass is 9.53. The smallest absolute Gasteiger partial charge is 0.250 e. The predicted octanol–water partition coefficient (Wildman–Crippen LogP) is 2.30. The van der Waals surface area contributed by atoms with E-state index in [4.69, 9.17) is 4.74 Å². The molecule has 1 saturated heterocycles. The molecule has 1 aliphatic heterocycles. The molecule has 1 atom stereocenters.